The predicted molar refractivity (Wildman–Crippen MR) is 71.0 cm³/mol. The second-order valence-corrected chi connectivity index (χ2v) is 6.42. The number of H-pyrrole nitrogens is 1. The molecule has 2 rings (SSSR count). The molecule has 0 unspecified atom stereocenters. The van der Waals surface area contributed by atoms with E-state index in [2.05, 4.69) is 36.3 Å². The van der Waals surface area contributed by atoms with Gasteiger partial charge in [-0.25, -0.2) is 0 Å². The van der Waals surface area contributed by atoms with Crippen LogP contribution in [0, 0.1) is 5.41 Å². The van der Waals surface area contributed by atoms with Gasteiger partial charge in [-0.15, -0.1) is 0 Å². The van der Waals surface area contributed by atoms with Crippen LogP contribution >= 0.6 is 0 Å². The zero-order valence-electron chi connectivity index (χ0n) is 11.3. The summed E-state index contributed by atoms with van der Waals surface area (Å²) in [5.74, 6) is 1.13. The summed E-state index contributed by atoms with van der Waals surface area (Å²) < 4.78 is 0. The molecule has 0 saturated heterocycles. The van der Waals surface area contributed by atoms with Gasteiger partial charge in [-0.1, -0.05) is 20.8 Å². The lowest BCUT2D eigenvalue weighted by Crippen LogP contribution is -2.44. The van der Waals surface area contributed by atoms with E-state index in [9.17, 15) is 4.79 Å². The fourth-order valence-electron chi connectivity index (χ4n) is 2.31. The van der Waals surface area contributed by atoms with Gasteiger partial charge in [0.1, 0.15) is 5.82 Å². The molecule has 1 amide bonds. The number of nitrogen functional groups attached to an aromatic ring is 1. The number of hydrogen-bond donors (Lipinski definition) is 3. The Hall–Kier alpha value is -1.52. The van der Waals surface area contributed by atoms with Crippen molar-refractivity contribution in [3.05, 3.63) is 11.8 Å². The van der Waals surface area contributed by atoms with E-state index in [1.54, 1.807) is 0 Å². The molecule has 1 saturated carbocycles. The number of carbonyl (C=O) groups excluding carboxylic acids is 1. The van der Waals surface area contributed by atoms with Crippen molar-refractivity contribution in [1.82, 2.24) is 15.5 Å². The molecule has 0 atom stereocenters. The summed E-state index contributed by atoms with van der Waals surface area (Å²) in [4.78, 5) is 11.8. The van der Waals surface area contributed by atoms with E-state index in [1.807, 2.05) is 6.07 Å². The third-order valence-electron chi connectivity index (χ3n) is 3.25. The summed E-state index contributed by atoms with van der Waals surface area (Å²) in [6, 6.07) is 2.17. The summed E-state index contributed by atoms with van der Waals surface area (Å²) in [6.45, 7) is 6.22. The van der Waals surface area contributed by atoms with Crippen molar-refractivity contribution in [2.45, 2.75) is 52.0 Å². The minimum absolute atomic E-state index is 0.0467. The summed E-state index contributed by atoms with van der Waals surface area (Å²) in [5, 5.41) is 9.93. The van der Waals surface area contributed by atoms with Gasteiger partial charge in [0, 0.05) is 30.1 Å². The first-order valence-corrected chi connectivity index (χ1v) is 6.43. The summed E-state index contributed by atoms with van der Waals surface area (Å²) in [6.07, 6.45) is 2.51. The Bertz CT molecular complexity index is 426. The Labute approximate surface area is 108 Å². The van der Waals surface area contributed by atoms with Crippen LogP contribution in [0.5, 0.6) is 0 Å². The second-order valence-electron chi connectivity index (χ2n) is 6.42. The summed E-state index contributed by atoms with van der Waals surface area (Å²) >= 11 is 0. The standard InChI is InChI=1S/C13H22N4O/c1-13(2,3)7-12(18)15-9-4-8(5-9)10-6-11(14)17-16-10/h6,8-9H,4-5,7H2,1-3H3,(H,15,18)(H3,14,16,17). The Morgan fingerprint density at radius 2 is 2.22 bits per heavy atom. The van der Waals surface area contributed by atoms with Crippen molar-refractivity contribution in [3.63, 3.8) is 0 Å². The van der Waals surface area contributed by atoms with Crippen molar-refractivity contribution < 1.29 is 4.79 Å². The molecule has 4 N–H and O–H groups in total. The first-order valence-electron chi connectivity index (χ1n) is 6.43. The van der Waals surface area contributed by atoms with Crippen molar-refractivity contribution in [2.75, 3.05) is 5.73 Å². The number of anilines is 1. The number of nitrogens with one attached hydrogen (secondary N) is 2. The van der Waals surface area contributed by atoms with Gasteiger partial charge in [0.2, 0.25) is 5.91 Å². The maximum absolute atomic E-state index is 11.8. The highest BCUT2D eigenvalue weighted by Gasteiger charge is 2.33. The topological polar surface area (TPSA) is 83.8 Å². The van der Waals surface area contributed by atoms with Gasteiger partial charge >= 0.3 is 0 Å². The molecule has 18 heavy (non-hydrogen) atoms. The molecular formula is C13H22N4O. The van der Waals surface area contributed by atoms with Gasteiger partial charge < -0.3 is 11.1 Å². The monoisotopic (exact) mass is 250 g/mol. The summed E-state index contributed by atoms with van der Waals surface area (Å²) in [5.41, 5.74) is 6.69. The number of aromatic nitrogens is 2. The lowest BCUT2D eigenvalue weighted by atomic mass is 9.78. The minimum atomic E-state index is 0.0467. The van der Waals surface area contributed by atoms with E-state index >= 15 is 0 Å². The SMILES string of the molecule is CC(C)(C)CC(=O)NC1CC(c2cc(N)n[nH]2)C1. The van der Waals surface area contributed by atoms with Crippen LogP contribution in [0.25, 0.3) is 0 Å². The number of aromatic amines is 1. The van der Waals surface area contributed by atoms with E-state index in [0.717, 1.165) is 18.5 Å². The Balaban J connectivity index is 1.75. The Morgan fingerprint density at radius 1 is 1.56 bits per heavy atom. The highest BCUT2D eigenvalue weighted by Crippen LogP contribution is 2.36. The first-order chi connectivity index (χ1) is 8.33. The number of amides is 1. The van der Waals surface area contributed by atoms with E-state index in [0.29, 0.717) is 24.2 Å². The number of rotatable bonds is 3. The lowest BCUT2D eigenvalue weighted by Gasteiger charge is -2.35. The van der Waals surface area contributed by atoms with E-state index < -0.39 is 0 Å². The smallest absolute Gasteiger partial charge is 0.220 e. The highest BCUT2D eigenvalue weighted by molar-refractivity contribution is 5.77. The predicted octanol–water partition coefficient (Wildman–Crippen LogP) is 1.79. The van der Waals surface area contributed by atoms with Crippen LogP contribution in [-0.2, 0) is 4.79 Å². The van der Waals surface area contributed by atoms with Crippen molar-refractivity contribution >= 4 is 11.7 Å². The minimum Gasteiger partial charge on any atom is -0.382 e. The number of nitrogens with zero attached hydrogens (tertiary/aromatic N) is 1. The molecule has 5 nitrogen and oxygen atoms in total. The average Bonchev–Trinajstić information content (AvgIpc) is 2.54. The van der Waals surface area contributed by atoms with E-state index in [4.69, 9.17) is 5.73 Å². The van der Waals surface area contributed by atoms with Crippen LogP contribution < -0.4 is 11.1 Å². The molecule has 5 heteroatoms. The Kier molecular flexibility index (Phi) is 3.32. The van der Waals surface area contributed by atoms with Crippen LogP contribution in [0.15, 0.2) is 6.07 Å². The zero-order chi connectivity index (χ0) is 13.3. The van der Waals surface area contributed by atoms with Gasteiger partial charge in [-0.05, 0) is 18.3 Å². The number of nitrogens with two attached hydrogens (primary N) is 1. The largest absolute Gasteiger partial charge is 0.382 e. The van der Waals surface area contributed by atoms with E-state index in [-0.39, 0.29) is 11.3 Å². The first kappa shape index (κ1) is 12.9. The lowest BCUT2D eigenvalue weighted by molar-refractivity contribution is -0.124. The van der Waals surface area contributed by atoms with Crippen molar-refractivity contribution in [2.24, 2.45) is 5.41 Å². The van der Waals surface area contributed by atoms with E-state index in [1.165, 1.54) is 0 Å². The van der Waals surface area contributed by atoms with Gasteiger partial charge in [-0.2, -0.15) is 5.10 Å². The molecule has 0 aliphatic heterocycles. The zero-order valence-corrected chi connectivity index (χ0v) is 11.3. The van der Waals surface area contributed by atoms with Crippen LogP contribution in [0.1, 0.15) is 51.6 Å². The average molecular weight is 250 g/mol. The maximum atomic E-state index is 11.8. The molecule has 0 bridgehead atoms. The maximum Gasteiger partial charge on any atom is 0.220 e. The van der Waals surface area contributed by atoms with Gasteiger partial charge in [-0.3, -0.25) is 9.89 Å². The third kappa shape index (κ3) is 3.24. The van der Waals surface area contributed by atoms with Gasteiger partial charge in [0.05, 0.1) is 0 Å². The van der Waals surface area contributed by atoms with Gasteiger partial charge in [0.15, 0.2) is 0 Å². The molecule has 0 radical (unpaired) electrons. The molecule has 1 aromatic heterocycles. The fraction of sp³-hybridized carbons (Fsp3) is 0.692. The van der Waals surface area contributed by atoms with Crippen LogP contribution in [0.2, 0.25) is 0 Å². The molecule has 1 fully saturated rings. The fourth-order valence-corrected chi connectivity index (χ4v) is 2.31. The normalized spacial score (nSPS) is 23.5. The quantitative estimate of drug-likeness (QED) is 0.764. The van der Waals surface area contributed by atoms with Gasteiger partial charge in [0.25, 0.3) is 0 Å². The molecule has 100 valence electrons. The molecule has 1 aliphatic carbocycles. The number of hydrogen-bond acceptors (Lipinski definition) is 3. The Morgan fingerprint density at radius 3 is 2.72 bits per heavy atom. The molecule has 0 spiro atoms. The van der Waals surface area contributed by atoms with Crippen molar-refractivity contribution in [3.8, 4) is 0 Å². The molecule has 1 aromatic rings. The number of carbonyl (C=O) groups is 1. The highest BCUT2D eigenvalue weighted by atomic mass is 16.1. The van der Waals surface area contributed by atoms with Crippen LogP contribution in [0.3, 0.4) is 0 Å². The van der Waals surface area contributed by atoms with Crippen molar-refractivity contribution in [1.29, 1.82) is 0 Å². The molecule has 1 heterocycles. The molecular weight excluding hydrogens is 228 g/mol. The van der Waals surface area contributed by atoms with Crippen LogP contribution in [0.4, 0.5) is 5.82 Å². The summed E-state index contributed by atoms with van der Waals surface area (Å²) in [7, 11) is 0. The molecule has 1 aliphatic rings. The second kappa shape index (κ2) is 4.63. The molecule has 0 aromatic carbocycles. The third-order valence-corrected chi connectivity index (χ3v) is 3.25. The van der Waals surface area contributed by atoms with Crippen LogP contribution in [-0.4, -0.2) is 22.1 Å².